The monoisotopic (exact) mass is 251 g/mol. The molecule has 0 spiro atoms. The standard InChI is InChI=1S/C11H13N3O4/c1-14-7-3-2-6(4-9(7)18-11(14)17)13-10(16)8(15)5-12/h2-4,8,15H,5,12H2,1H3,(H,13,16). The fourth-order valence-electron chi connectivity index (χ4n) is 1.54. The van der Waals surface area contributed by atoms with Crippen LogP contribution in [0, 0.1) is 0 Å². The van der Waals surface area contributed by atoms with Gasteiger partial charge in [-0.3, -0.25) is 9.36 Å². The van der Waals surface area contributed by atoms with Crippen molar-refractivity contribution in [2.24, 2.45) is 12.8 Å². The number of hydrogen-bond acceptors (Lipinski definition) is 5. The maximum atomic E-state index is 11.4. The summed E-state index contributed by atoms with van der Waals surface area (Å²) in [6.07, 6.45) is -1.26. The number of nitrogens with one attached hydrogen (secondary N) is 1. The summed E-state index contributed by atoms with van der Waals surface area (Å²) in [7, 11) is 1.59. The number of carbonyl (C=O) groups excluding carboxylic acids is 1. The Kier molecular flexibility index (Phi) is 3.17. The lowest BCUT2D eigenvalue weighted by Crippen LogP contribution is -2.34. The Morgan fingerprint density at radius 2 is 2.33 bits per heavy atom. The van der Waals surface area contributed by atoms with E-state index in [0.29, 0.717) is 16.8 Å². The van der Waals surface area contributed by atoms with Crippen LogP contribution in [0.3, 0.4) is 0 Å². The maximum Gasteiger partial charge on any atom is 0.419 e. The zero-order chi connectivity index (χ0) is 13.3. The predicted molar refractivity (Wildman–Crippen MR) is 65.1 cm³/mol. The number of aryl methyl sites for hydroxylation is 1. The molecule has 0 radical (unpaired) electrons. The summed E-state index contributed by atoms with van der Waals surface area (Å²) in [5, 5.41) is 11.7. The molecule has 7 heteroatoms. The summed E-state index contributed by atoms with van der Waals surface area (Å²) in [6.45, 7) is -0.158. The second-order valence-electron chi connectivity index (χ2n) is 3.85. The number of amides is 1. The molecule has 1 unspecified atom stereocenters. The van der Waals surface area contributed by atoms with E-state index in [2.05, 4.69) is 5.32 Å². The van der Waals surface area contributed by atoms with Gasteiger partial charge in [0.1, 0.15) is 6.10 Å². The van der Waals surface area contributed by atoms with Crippen molar-refractivity contribution in [3.8, 4) is 0 Å². The van der Waals surface area contributed by atoms with Crippen LogP contribution in [0.1, 0.15) is 0 Å². The van der Waals surface area contributed by atoms with E-state index in [1.165, 1.54) is 10.6 Å². The van der Waals surface area contributed by atoms with E-state index in [0.717, 1.165) is 0 Å². The van der Waals surface area contributed by atoms with Gasteiger partial charge in [-0.25, -0.2) is 4.79 Å². The highest BCUT2D eigenvalue weighted by atomic mass is 16.4. The van der Waals surface area contributed by atoms with Gasteiger partial charge in [-0.1, -0.05) is 0 Å². The Labute approximate surface area is 102 Å². The molecule has 1 aromatic carbocycles. The SMILES string of the molecule is Cn1c(=O)oc2cc(NC(=O)C(O)CN)ccc21. The molecule has 1 aromatic heterocycles. The van der Waals surface area contributed by atoms with Crippen molar-refractivity contribution in [3.63, 3.8) is 0 Å². The first-order valence-electron chi connectivity index (χ1n) is 5.31. The third-order valence-corrected chi connectivity index (χ3v) is 2.59. The summed E-state index contributed by atoms with van der Waals surface area (Å²) < 4.78 is 6.33. The Morgan fingerprint density at radius 1 is 1.61 bits per heavy atom. The molecule has 0 saturated heterocycles. The molecule has 0 saturated carbocycles. The third kappa shape index (κ3) is 2.13. The van der Waals surface area contributed by atoms with Crippen LogP contribution in [0.5, 0.6) is 0 Å². The molecule has 7 nitrogen and oxygen atoms in total. The first-order chi connectivity index (χ1) is 8.52. The molecular formula is C11H13N3O4. The number of rotatable bonds is 3. The molecule has 0 aliphatic rings. The Hall–Kier alpha value is -2.12. The summed E-state index contributed by atoms with van der Waals surface area (Å²) in [6, 6.07) is 4.76. The quantitative estimate of drug-likeness (QED) is 0.674. The second kappa shape index (κ2) is 4.63. The zero-order valence-corrected chi connectivity index (χ0v) is 9.71. The Bertz CT molecular complexity index is 643. The van der Waals surface area contributed by atoms with Crippen LogP contribution in [-0.2, 0) is 11.8 Å². The van der Waals surface area contributed by atoms with Crippen LogP contribution in [0.25, 0.3) is 11.1 Å². The van der Waals surface area contributed by atoms with E-state index in [-0.39, 0.29) is 6.54 Å². The average Bonchev–Trinajstić information content (AvgIpc) is 2.63. The van der Waals surface area contributed by atoms with Gasteiger partial charge < -0.3 is 20.6 Å². The van der Waals surface area contributed by atoms with Crippen LogP contribution in [0.4, 0.5) is 5.69 Å². The van der Waals surface area contributed by atoms with Crippen LogP contribution < -0.4 is 16.8 Å². The van der Waals surface area contributed by atoms with Gasteiger partial charge in [-0.15, -0.1) is 0 Å². The minimum absolute atomic E-state index is 0.158. The van der Waals surface area contributed by atoms with Crippen LogP contribution in [-0.4, -0.2) is 28.2 Å². The molecule has 18 heavy (non-hydrogen) atoms. The van der Waals surface area contributed by atoms with Gasteiger partial charge >= 0.3 is 5.76 Å². The van der Waals surface area contributed by atoms with E-state index in [1.54, 1.807) is 19.2 Å². The van der Waals surface area contributed by atoms with Crippen molar-refractivity contribution in [3.05, 3.63) is 28.7 Å². The van der Waals surface area contributed by atoms with Gasteiger partial charge in [-0.05, 0) is 12.1 Å². The fourth-order valence-corrected chi connectivity index (χ4v) is 1.54. The average molecular weight is 251 g/mol. The summed E-state index contributed by atoms with van der Waals surface area (Å²) in [5.41, 5.74) is 6.58. The van der Waals surface area contributed by atoms with Gasteiger partial charge in [0.05, 0.1) is 5.52 Å². The van der Waals surface area contributed by atoms with E-state index in [1.807, 2.05) is 0 Å². The normalized spacial score (nSPS) is 12.6. The van der Waals surface area contributed by atoms with Crippen molar-refractivity contribution >= 4 is 22.7 Å². The lowest BCUT2D eigenvalue weighted by Gasteiger charge is -2.08. The number of fused-ring (bicyclic) bond motifs is 1. The highest BCUT2D eigenvalue weighted by Crippen LogP contribution is 2.17. The molecule has 2 rings (SSSR count). The second-order valence-corrected chi connectivity index (χ2v) is 3.85. The van der Waals surface area contributed by atoms with Crippen molar-refractivity contribution in [2.45, 2.75) is 6.10 Å². The molecule has 0 aliphatic heterocycles. The first-order valence-corrected chi connectivity index (χ1v) is 5.31. The lowest BCUT2D eigenvalue weighted by molar-refractivity contribution is -0.123. The number of hydrogen-bond donors (Lipinski definition) is 3. The van der Waals surface area contributed by atoms with Crippen molar-refractivity contribution in [1.82, 2.24) is 4.57 Å². The highest BCUT2D eigenvalue weighted by Gasteiger charge is 2.13. The van der Waals surface area contributed by atoms with Gasteiger partial charge in [0.15, 0.2) is 5.58 Å². The number of oxazole rings is 1. The van der Waals surface area contributed by atoms with Crippen LogP contribution in [0.2, 0.25) is 0 Å². The first kappa shape index (κ1) is 12.3. The summed E-state index contributed by atoms with van der Waals surface area (Å²) in [4.78, 5) is 22.7. The maximum absolute atomic E-state index is 11.4. The van der Waals surface area contributed by atoms with Gasteiger partial charge in [-0.2, -0.15) is 0 Å². The number of aliphatic hydroxyl groups is 1. The molecule has 0 bridgehead atoms. The molecule has 0 aliphatic carbocycles. The van der Waals surface area contributed by atoms with Crippen molar-refractivity contribution in [1.29, 1.82) is 0 Å². The van der Waals surface area contributed by atoms with Crippen LogP contribution >= 0.6 is 0 Å². The molecule has 1 heterocycles. The fraction of sp³-hybridized carbons (Fsp3) is 0.273. The minimum atomic E-state index is -1.26. The van der Waals surface area contributed by atoms with E-state index < -0.39 is 17.8 Å². The Balaban J connectivity index is 2.31. The number of anilines is 1. The molecule has 2 aromatic rings. The van der Waals surface area contributed by atoms with E-state index in [9.17, 15) is 14.7 Å². The van der Waals surface area contributed by atoms with Gasteiger partial charge in [0.2, 0.25) is 0 Å². The molecule has 0 fully saturated rings. The number of nitrogens with zero attached hydrogens (tertiary/aromatic N) is 1. The van der Waals surface area contributed by atoms with Crippen molar-refractivity contribution in [2.75, 3.05) is 11.9 Å². The molecule has 4 N–H and O–H groups in total. The lowest BCUT2D eigenvalue weighted by atomic mass is 10.2. The topological polar surface area (TPSA) is 110 Å². The zero-order valence-electron chi connectivity index (χ0n) is 9.71. The minimum Gasteiger partial charge on any atom is -0.408 e. The number of aliphatic hydroxyl groups excluding tert-OH is 1. The predicted octanol–water partition coefficient (Wildman–Crippen LogP) is -0.610. The summed E-state index contributed by atoms with van der Waals surface area (Å²) >= 11 is 0. The number of carbonyl (C=O) groups is 1. The van der Waals surface area contributed by atoms with Gasteiger partial charge in [0.25, 0.3) is 5.91 Å². The molecule has 1 amide bonds. The van der Waals surface area contributed by atoms with Crippen LogP contribution in [0.15, 0.2) is 27.4 Å². The highest BCUT2D eigenvalue weighted by molar-refractivity contribution is 5.95. The number of benzene rings is 1. The third-order valence-electron chi connectivity index (χ3n) is 2.59. The van der Waals surface area contributed by atoms with E-state index in [4.69, 9.17) is 10.2 Å². The van der Waals surface area contributed by atoms with Crippen molar-refractivity contribution < 1.29 is 14.3 Å². The number of nitrogens with two attached hydrogens (primary N) is 1. The molecule has 1 atom stereocenters. The molecule has 96 valence electrons. The van der Waals surface area contributed by atoms with E-state index >= 15 is 0 Å². The Morgan fingerprint density at radius 3 is 3.00 bits per heavy atom. The smallest absolute Gasteiger partial charge is 0.408 e. The number of aromatic nitrogens is 1. The summed E-state index contributed by atoms with van der Waals surface area (Å²) in [5.74, 6) is -1.08. The van der Waals surface area contributed by atoms with Gasteiger partial charge in [0, 0.05) is 25.3 Å². The largest absolute Gasteiger partial charge is 0.419 e. The molecular weight excluding hydrogens is 238 g/mol.